The summed E-state index contributed by atoms with van der Waals surface area (Å²) in [5, 5.41) is 4.04. The molecule has 0 aliphatic carbocycles. The molecule has 0 aliphatic rings. The first kappa shape index (κ1) is 15.3. The number of hydrogen-bond acceptors (Lipinski definition) is 2. The predicted molar refractivity (Wildman–Crippen MR) is 84.6 cm³/mol. The molecule has 0 fully saturated rings. The van der Waals surface area contributed by atoms with Crippen LogP contribution < -0.4 is 11.1 Å². The van der Waals surface area contributed by atoms with E-state index in [1.165, 1.54) is 25.7 Å². The summed E-state index contributed by atoms with van der Waals surface area (Å²) in [4.78, 5) is 0.336. The van der Waals surface area contributed by atoms with Crippen LogP contribution >= 0.6 is 23.8 Å². The van der Waals surface area contributed by atoms with Gasteiger partial charge in [0.05, 0.1) is 5.02 Å². The van der Waals surface area contributed by atoms with Gasteiger partial charge in [0.1, 0.15) is 4.99 Å². The second-order valence-electron chi connectivity index (χ2n) is 4.60. The first-order valence-electron chi connectivity index (χ1n) is 6.40. The molecule has 0 aliphatic heterocycles. The van der Waals surface area contributed by atoms with Crippen LogP contribution in [0, 0.1) is 0 Å². The molecule has 0 radical (unpaired) electrons. The van der Waals surface area contributed by atoms with Gasteiger partial charge in [0, 0.05) is 17.3 Å². The van der Waals surface area contributed by atoms with Gasteiger partial charge in [-0.25, -0.2) is 0 Å². The molecule has 1 unspecified atom stereocenters. The average Bonchev–Trinajstić information content (AvgIpc) is 2.28. The Balaban J connectivity index is 2.57. The number of hydrogen-bond donors (Lipinski definition) is 2. The SMILES string of the molecule is CCCCCC(C)Nc1ccc(C(N)=S)c(Cl)c1. The van der Waals surface area contributed by atoms with E-state index in [9.17, 15) is 0 Å². The van der Waals surface area contributed by atoms with Crippen LogP contribution in [0.2, 0.25) is 5.02 Å². The van der Waals surface area contributed by atoms with Crippen LogP contribution in [-0.2, 0) is 0 Å². The third-order valence-corrected chi connectivity index (χ3v) is 3.42. The summed E-state index contributed by atoms with van der Waals surface area (Å²) in [6.07, 6.45) is 4.96. The summed E-state index contributed by atoms with van der Waals surface area (Å²) in [5.74, 6) is 0. The van der Waals surface area contributed by atoms with E-state index in [-0.39, 0.29) is 0 Å². The molecule has 0 saturated heterocycles. The molecule has 2 nitrogen and oxygen atoms in total. The maximum absolute atomic E-state index is 6.13. The lowest BCUT2D eigenvalue weighted by Crippen LogP contribution is -2.15. The zero-order chi connectivity index (χ0) is 13.5. The van der Waals surface area contributed by atoms with Crippen molar-refractivity contribution in [1.29, 1.82) is 0 Å². The normalized spacial score (nSPS) is 12.2. The van der Waals surface area contributed by atoms with E-state index in [0.717, 1.165) is 11.3 Å². The summed E-state index contributed by atoms with van der Waals surface area (Å²) in [6.45, 7) is 4.40. The van der Waals surface area contributed by atoms with Gasteiger partial charge >= 0.3 is 0 Å². The Bertz CT molecular complexity index is 407. The van der Waals surface area contributed by atoms with E-state index >= 15 is 0 Å². The summed E-state index contributed by atoms with van der Waals surface area (Å²) in [6, 6.07) is 6.16. The molecule has 0 bridgehead atoms. The molecule has 0 heterocycles. The lowest BCUT2D eigenvalue weighted by molar-refractivity contribution is 0.615. The van der Waals surface area contributed by atoms with Gasteiger partial charge in [-0.3, -0.25) is 0 Å². The predicted octanol–water partition coefficient (Wildman–Crippen LogP) is 4.35. The first-order valence-corrected chi connectivity index (χ1v) is 7.19. The summed E-state index contributed by atoms with van der Waals surface area (Å²) >= 11 is 11.1. The van der Waals surface area contributed by atoms with E-state index in [1.807, 2.05) is 18.2 Å². The van der Waals surface area contributed by atoms with Gasteiger partial charge < -0.3 is 11.1 Å². The number of nitrogens with one attached hydrogen (secondary N) is 1. The Morgan fingerprint density at radius 1 is 1.44 bits per heavy atom. The van der Waals surface area contributed by atoms with Gasteiger partial charge in [-0.1, -0.05) is 50.0 Å². The number of benzene rings is 1. The Hall–Kier alpha value is -0.800. The molecule has 18 heavy (non-hydrogen) atoms. The fraction of sp³-hybridized carbons (Fsp3) is 0.500. The van der Waals surface area contributed by atoms with Crippen LogP contribution in [0.4, 0.5) is 5.69 Å². The maximum Gasteiger partial charge on any atom is 0.105 e. The molecule has 0 amide bonds. The standard InChI is InChI=1S/C14H21ClN2S/c1-3-4-5-6-10(2)17-11-7-8-12(14(16)18)13(15)9-11/h7-10,17H,3-6H2,1-2H3,(H2,16,18). The Labute approximate surface area is 120 Å². The fourth-order valence-electron chi connectivity index (χ4n) is 1.86. The minimum Gasteiger partial charge on any atom is -0.389 e. The highest BCUT2D eigenvalue weighted by atomic mass is 35.5. The Morgan fingerprint density at radius 2 is 2.17 bits per heavy atom. The maximum atomic E-state index is 6.13. The van der Waals surface area contributed by atoms with E-state index in [2.05, 4.69) is 19.2 Å². The number of unbranched alkanes of at least 4 members (excludes halogenated alkanes) is 2. The fourth-order valence-corrected chi connectivity index (χ4v) is 2.38. The number of halogens is 1. The van der Waals surface area contributed by atoms with E-state index in [0.29, 0.717) is 16.1 Å². The molecule has 1 aromatic rings. The smallest absolute Gasteiger partial charge is 0.105 e. The van der Waals surface area contributed by atoms with E-state index in [4.69, 9.17) is 29.6 Å². The van der Waals surface area contributed by atoms with Crippen molar-refractivity contribution in [3.05, 3.63) is 28.8 Å². The zero-order valence-electron chi connectivity index (χ0n) is 11.0. The average molecular weight is 285 g/mol. The summed E-state index contributed by atoms with van der Waals surface area (Å²) < 4.78 is 0. The van der Waals surface area contributed by atoms with Crippen molar-refractivity contribution >= 4 is 34.5 Å². The molecule has 0 aromatic heterocycles. The van der Waals surface area contributed by atoms with E-state index < -0.39 is 0 Å². The minimum absolute atomic E-state index is 0.336. The van der Waals surface area contributed by atoms with Gasteiger partial charge in [-0.2, -0.15) is 0 Å². The van der Waals surface area contributed by atoms with Crippen LogP contribution in [0.5, 0.6) is 0 Å². The van der Waals surface area contributed by atoms with Crippen LogP contribution in [0.15, 0.2) is 18.2 Å². The number of anilines is 1. The zero-order valence-corrected chi connectivity index (χ0v) is 12.6. The van der Waals surface area contributed by atoms with Crippen LogP contribution in [-0.4, -0.2) is 11.0 Å². The Morgan fingerprint density at radius 3 is 2.72 bits per heavy atom. The Kier molecular flexibility index (Phi) is 6.44. The first-order chi connectivity index (χ1) is 8.54. The molecule has 1 atom stereocenters. The topological polar surface area (TPSA) is 38.0 Å². The minimum atomic E-state index is 0.336. The van der Waals surface area contributed by atoms with Crippen LogP contribution in [0.1, 0.15) is 45.1 Å². The number of nitrogens with two attached hydrogens (primary N) is 1. The van der Waals surface area contributed by atoms with Gasteiger partial charge in [0.2, 0.25) is 0 Å². The number of thiocarbonyl (C=S) groups is 1. The van der Waals surface area contributed by atoms with Crippen LogP contribution in [0.3, 0.4) is 0 Å². The van der Waals surface area contributed by atoms with Crippen molar-refractivity contribution in [3.8, 4) is 0 Å². The van der Waals surface area contributed by atoms with Crippen molar-refractivity contribution in [2.75, 3.05) is 5.32 Å². The van der Waals surface area contributed by atoms with Gasteiger partial charge in [-0.05, 0) is 31.5 Å². The quantitative estimate of drug-likeness (QED) is 0.577. The van der Waals surface area contributed by atoms with Gasteiger partial charge in [-0.15, -0.1) is 0 Å². The molecule has 0 saturated carbocycles. The highest BCUT2D eigenvalue weighted by Gasteiger charge is 2.06. The number of rotatable bonds is 7. The summed E-state index contributed by atoms with van der Waals surface area (Å²) in [5.41, 5.74) is 7.32. The third-order valence-electron chi connectivity index (χ3n) is 2.89. The van der Waals surface area contributed by atoms with Crippen molar-refractivity contribution in [2.45, 2.75) is 45.6 Å². The lowest BCUT2D eigenvalue weighted by atomic mass is 10.1. The molecule has 1 aromatic carbocycles. The van der Waals surface area contributed by atoms with Crippen LogP contribution in [0.25, 0.3) is 0 Å². The molecular formula is C14H21ClN2S. The van der Waals surface area contributed by atoms with Gasteiger partial charge in [0.25, 0.3) is 0 Å². The van der Waals surface area contributed by atoms with Crippen molar-refractivity contribution in [3.63, 3.8) is 0 Å². The van der Waals surface area contributed by atoms with Crippen molar-refractivity contribution in [2.24, 2.45) is 5.73 Å². The molecule has 0 spiro atoms. The lowest BCUT2D eigenvalue weighted by Gasteiger charge is -2.16. The summed E-state index contributed by atoms with van der Waals surface area (Å²) in [7, 11) is 0. The van der Waals surface area contributed by atoms with Crippen molar-refractivity contribution < 1.29 is 0 Å². The second kappa shape index (κ2) is 7.59. The molecule has 4 heteroatoms. The molecular weight excluding hydrogens is 264 g/mol. The molecule has 100 valence electrons. The molecule has 1 rings (SSSR count). The van der Waals surface area contributed by atoms with E-state index in [1.54, 1.807) is 0 Å². The highest BCUT2D eigenvalue weighted by Crippen LogP contribution is 2.22. The van der Waals surface area contributed by atoms with Gasteiger partial charge in [0.15, 0.2) is 0 Å². The van der Waals surface area contributed by atoms with Crippen molar-refractivity contribution in [1.82, 2.24) is 0 Å². The molecule has 3 N–H and O–H groups in total. The largest absolute Gasteiger partial charge is 0.389 e. The third kappa shape index (κ3) is 4.83. The monoisotopic (exact) mass is 284 g/mol. The highest BCUT2D eigenvalue weighted by molar-refractivity contribution is 7.80. The second-order valence-corrected chi connectivity index (χ2v) is 5.45.